The number of aryl methyl sites for hydroxylation is 1. The molecule has 0 spiro atoms. The van der Waals surface area contributed by atoms with Crippen LogP contribution in [0.25, 0.3) is 5.69 Å². The predicted molar refractivity (Wildman–Crippen MR) is 71.1 cm³/mol. The van der Waals surface area contributed by atoms with Crippen molar-refractivity contribution < 1.29 is 4.74 Å². The molecule has 18 heavy (non-hydrogen) atoms. The molecule has 2 rings (SSSR count). The fourth-order valence-corrected chi connectivity index (χ4v) is 1.85. The van der Waals surface area contributed by atoms with Gasteiger partial charge in [0.15, 0.2) is 0 Å². The highest BCUT2D eigenvalue weighted by Crippen LogP contribution is 2.27. The first-order valence-corrected chi connectivity index (χ1v) is 5.90. The van der Waals surface area contributed by atoms with E-state index in [0.717, 1.165) is 23.1 Å². The lowest BCUT2D eigenvalue weighted by atomic mass is 10.2. The third-order valence-corrected chi connectivity index (χ3v) is 2.69. The molecular weight excluding hydrogens is 228 g/mol. The molecule has 0 fully saturated rings. The summed E-state index contributed by atoms with van der Waals surface area (Å²) in [6, 6.07) is 5.49. The van der Waals surface area contributed by atoms with Crippen molar-refractivity contribution in [3.63, 3.8) is 0 Å². The van der Waals surface area contributed by atoms with Crippen molar-refractivity contribution in [3.8, 4) is 11.4 Å². The number of rotatable bonds is 3. The zero-order valence-electron chi connectivity index (χ0n) is 11.1. The number of methoxy groups -OCH3 is 1. The van der Waals surface area contributed by atoms with Crippen LogP contribution >= 0.6 is 0 Å². The van der Waals surface area contributed by atoms with Gasteiger partial charge in [-0.1, -0.05) is 13.8 Å². The van der Waals surface area contributed by atoms with Gasteiger partial charge in [0.25, 0.3) is 0 Å². The van der Waals surface area contributed by atoms with Crippen molar-refractivity contribution in [2.75, 3.05) is 12.8 Å². The summed E-state index contributed by atoms with van der Waals surface area (Å²) >= 11 is 0. The van der Waals surface area contributed by atoms with Gasteiger partial charge in [-0.25, -0.2) is 9.67 Å². The van der Waals surface area contributed by atoms with Gasteiger partial charge in [-0.3, -0.25) is 0 Å². The van der Waals surface area contributed by atoms with E-state index < -0.39 is 0 Å². The third kappa shape index (κ3) is 2.16. The number of aromatic nitrogens is 3. The molecule has 0 aliphatic heterocycles. The second-order valence-corrected chi connectivity index (χ2v) is 4.52. The summed E-state index contributed by atoms with van der Waals surface area (Å²) in [6.45, 7) is 6.04. The average molecular weight is 246 g/mol. The minimum atomic E-state index is 0.275. The van der Waals surface area contributed by atoms with Crippen LogP contribution in [0.15, 0.2) is 18.2 Å². The van der Waals surface area contributed by atoms with Gasteiger partial charge in [0.1, 0.15) is 23.1 Å². The zero-order valence-corrected chi connectivity index (χ0v) is 11.1. The lowest BCUT2D eigenvalue weighted by Gasteiger charge is -2.12. The Hall–Kier alpha value is -2.04. The second kappa shape index (κ2) is 4.68. The van der Waals surface area contributed by atoms with E-state index in [1.165, 1.54) is 0 Å². The van der Waals surface area contributed by atoms with Gasteiger partial charge < -0.3 is 10.5 Å². The maximum absolute atomic E-state index is 5.84. The number of nitrogen functional groups attached to an aromatic ring is 1. The Balaban J connectivity index is 2.64. The highest BCUT2D eigenvalue weighted by molar-refractivity contribution is 5.56. The van der Waals surface area contributed by atoms with Crippen LogP contribution in [0.3, 0.4) is 0 Å². The number of nitrogens with zero attached hydrogens (tertiary/aromatic N) is 3. The maximum atomic E-state index is 5.84. The third-order valence-electron chi connectivity index (χ3n) is 2.69. The van der Waals surface area contributed by atoms with Gasteiger partial charge in [0, 0.05) is 11.6 Å². The number of hydrogen-bond acceptors (Lipinski definition) is 4. The number of ether oxygens (including phenoxy) is 1. The summed E-state index contributed by atoms with van der Waals surface area (Å²) in [6.07, 6.45) is 0. The number of benzene rings is 1. The molecule has 1 heterocycles. The van der Waals surface area contributed by atoms with Crippen LogP contribution in [0.4, 0.5) is 5.69 Å². The van der Waals surface area contributed by atoms with E-state index in [1.54, 1.807) is 17.9 Å². The van der Waals surface area contributed by atoms with E-state index >= 15 is 0 Å². The van der Waals surface area contributed by atoms with Crippen LogP contribution < -0.4 is 10.5 Å². The zero-order chi connectivity index (χ0) is 13.3. The normalized spacial score (nSPS) is 10.9. The molecule has 0 radical (unpaired) electrons. The van der Waals surface area contributed by atoms with Gasteiger partial charge in [-0.05, 0) is 25.1 Å². The fraction of sp³-hybridized carbons (Fsp3) is 0.385. The molecule has 0 aliphatic carbocycles. The molecule has 2 aromatic rings. The lowest BCUT2D eigenvalue weighted by Crippen LogP contribution is -2.07. The average Bonchev–Trinajstić information content (AvgIpc) is 2.71. The van der Waals surface area contributed by atoms with Gasteiger partial charge in [0.05, 0.1) is 7.11 Å². The number of nitrogens with two attached hydrogens (primary N) is 1. The summed E-state index contributed by atoms with van der Waals surface area (Å²) in [5.41, 5.74) is 7.33. The molecule has 96 valence electrons. The number of hydrogen-bond donors (Lipinski definition) is 1. The van der Waals surface area contributed by atoms with Crippen molar-refractivity contribution in [3.05, 3.63) is 29.8 Å². The molecule has 0 saturated heterocycles. The summed E-state index contributed by atoms with van der Waals surface area (Å²) in [4.78, 5) is 4.45. The summed E-state index contributed by atoms with van der Waals surface area (Å²) < 4.78 is 7.16. The molecule has 0 bridgehead atoms. The molecule has 2 N–H and O–H groups in total. The van der Waals surface area contributed by atoms with E-state index in [1.807, 2.05) is 19.1 Å². The van der Waals surface area contributed by atoms with Crippen molar-refractivity contribution >= 4 is 5.69 Å². The Morgan fingerprint density at radius 2 is 2.06 bits per heavy atom. The van der Waals surface area contributed by atoms with Crippen LogP contribution in [0, 0.1) is 6.92 Å². The van der Waals surface area contributed by atoms with Gasteiger partial charge >= 0.3 is 0 Å². The largest absolute Gasteiger partial charge is 0.494 e. The molecule has 1 aromatic heterocycles. The standard InChI is InChI=1S/C13H18N4O/c1-8(2)13-15-9(3)16-17(13)11-7-10(14)5-6-12(11)18-4/h5-8H,14H2,1-4H3. The number of anilines is 1. The molecule has 0 unspecified atom stereocenters. The Morgan fingerprint density at radius 3 is 2.67 bits per heavy atom. The molecule has 5 nitrogen and oxygen atoms in total. The smallest absolute Gasteiger partial charge is 0.148 e. The Bertz CT molecular complexity index is 560. The highest BCUT2D eigenvalue weighted by atomic mass is 16.5. The lowest BCUT2D eigenvalue weighted by molar-refractivity contribution is 0.411. The van der Waals surface area contributed by atoms with Crippen LogP contribution in [0.1, 0.15) is 31.4 Å². The Labute approximate surface area is 107 Å². The van der Waals surface area contributed by atoms with Crippen molar-refractivity contribution in [2.24, 2.45) is 0 Å². The Kier molecular flexibility index (Phi) is 3.23. The van der Waals surface area contributed by atoms with Crippen LogP contribution in [0.5, 0.6) is 5.75 Å². The van der Waals surface area contributed by atoms with Crippen molar-refractivity contribution in [2.45, 2.75) is 26.7 Å². The topological polar surface area (TPSA) is 66.0 Å². The SMILES string of the molecule is COc1ccc(N)cc1-n1nc(C)nc1C(C)C. The van der Waals surface area contributed by atoms with Gasteiger partial charge in [0.2, 0.25) is 0 Å². The van der Waals surface area contributed by atoms with E-state index in [-0.39, 0.29) is 5.92 Å². The minimum Gasteiger partial charge on any atom is -0.494 e. The predicted octanol–water partition coefficient (Wildman–Crippen LogP) is 2.29. The van der Waals surface area contributed by atoms with Gasteiger partial charge in [-0.2, -0.15) is 5.10 Å². The van der Waals surface area contributed by atoms with E-state index in [2.05, 4.69) is 23.9 Å². The monoisotopic (exact) mass is 246 g/mol. The molecule has 0 saturated carbocycles. The van der Waals surface area contributed by atoms with E-state index in [9.17, 15) is 0 Å². The summed E-state index contributed by atoms with van der Waals surface area (Å²) in [7, 11) is 1.63. The van der Waals surface area contributed by atoms with Gasteiger partial charge in [-0.15, -0.1) is 0 Å². The van der Waals surface area contributed by atoms with Crippen LogP contribution in [-0.4, -0.2) is 21.9 Å². The quantitative estimate of drug-likeness (QED) is 0.844. The van der Waals surface area contributed by atoms with E-state index in [4.69, 9.17) is 10.5 Å². The van der Waals surface area contributed by atoms with Crippen molar-refractivity contribution in [1.29, 1.82) is 0 Å². The summed E-state index contributed by atoms with van der Waals surface area (Å²) in [5, 5.41) is 4.42. The minimum absolute atomic E-state index is 0.275. The molecule has 0 aliphatic rings. The first kappa shape index (κ1) is 12.4. The fourth-order valence-electron chi connectivity index (χ4n) is 1.85. The van der Waals surface area contributed by atoms with Crippen LogP contribution in [-0.2, 0) is 0 Å². The Morgan fingerprint density at radius 1 is 1.33 bits per heavy atom. The molecule has 5 heteroatoms. The molecular formula is C13H18N4O. The first-order valence-electron chi connectivity index (χ1n) is 5.90. The van der Waals surface area contributed by atoms with E-state index in [0.29, 0.717) is 5.69 Å². The molecule has 1 aromatic carbocycles. The summed E-state index contributed by atoms with van der Waals surface area (Å²) in [5.74, 6) is 2.65. The van der Waals surface area contributed by atoms with Crippen LogP contribution in [0.2, 0.25) is 0 Å². The molecule has 0 amide bonds. The molecule has 0 atom stereocenters. The highest BCUT2D eigenvalue weighted by Gasteiger charge is 2.16. The maximum Gasteiger partial charge on any atom is 0.148 e. The second-order valence-electron chi connectivity index (χ2n) is 4.52. The first-order chi connectivity index (χ1) is 8.52. The van der Waals surface area contributed by atoms with Crippen molar-refractivity contribution in [1.82, 2.24) is 14.8 Å².